The van der Waals surface area contributed by atoms with Gasteiger partial charge in [0.2, 0.25) is 0 Å². The van der Waals surface area contributed by atoms with Gasteiger partial charge in [0.05, 0.1) is 0 Å². The van der Waals surface area contributed by atoms with Crippen molar-refractivity contribution in [3.05, 3.63) is 0 Å². The Morgan fingerprint density at radius 1 is 1.00 bits per heavy atom. The van der Waals surface area contributed by atoms with E-state index < -0.39 is 0 Å². The maximum absolute atomic E-state index is 0. The Labute approximate surface area is 49.2 Å². The second-order valence-corrected chi connectivity index (χ2v) is 0. The Bertz CT molecular complexity index is 8.00. The van der Waals surface area contributed by atoms with Gasteiger partial charge in [-0.05, 0) is 0 Å². The van der Waals surface area contributed by atoms with Crippen molar-refractivity contribution >= 4 is 9.90 Å². The van der Waals surface area contributed by atoms with E-state index in [1.54, 1.807) is 0 Å². The van der Waals surface area contributed by atoms with Gasteiger partial charge in [0.1, 0.15) is 0 Å². The van der Waals surface area contributed by atoms with Gasteiger partial charge in [-0.3, -0.25) is 0 Å². The topological polar surface area (TPSA) is 31.5 Å². The molecule has 34 valence electrons. The maximum atomic E-state index is 0. The number of hydrogen-bond donors (Lipinski definition) is 0. The van der Waals surface area contributed by atoms with E-state index in [1.165, 1.54) is 0 Å². The van der Waals surface area contributed by atoms with E-state index in [9.17, 15) is 0 Å². The molecule has 0 aromatic heterocycles. The molecule has 0 aliphatic heterocycles. The van der Waals surface area contributed by atoms with Crippen molar-refractivity contribution in [1.29, 1.82) is 0 Å². The van der Waals surface area contributed by atoms with Crippen molar-refractivity contribution in [3.63, 3.8) is 0 Å². The molecule has 0 aliphatic rings. The van der Waals surface area contributed by atoms with E-state index in [1.807, 2.05) is 0 Å². The van der Waals surface area contributed by atoms with Gasteiger partial charge in [-0.1, -0.05) is 0 Å². The van der Waals surface area contributed by atoms with Gasteiger partial charge in [-0.25, -0.2) is 0 Å². The summed E-state index contributed by atoms with van der Waals surface area (Å²) in [4.78, 5) is 0. The predicted octanol–water partition coefficient (Wildman–Crippen LogP) is 0.0315. The SMILES string of the molecule is O.[Cu].[Ni].[P]. The summed E-state index contributed by atoms with van der Waals surface area (Å²) in [6, 6.07) is 0. The Morgan fingerprint density at radius 2 is 1.00 bits per heavy atom. The van der Waals surface area contributed by atoms with Gasteiger partial charge >= 0.3 is 0 Å². The summed E-state index contributed by atoms with van der Waals surface area (Å²) in [6.07, 6.45) is 0. The van der Waals surface area contributed by atoms with Crippen LogP contribution in [0.1, 0.15) is 0 Å². The van der Waals surface area contributed by atoms with Crippen LogP contribution in [0.5, 0.6) is 0 Å². The van der Waals surface area contributed by atoms with Gasteiger partial charge in [0.15, 0.2) is 0 Å². The molecule has 1 nitrogen and oxygen atoms in total. The zero-order valence-electron chi connectivity index (χ0n) is 1.56. The summed E-state index contributed by atoms with van der Waals surface area (Å²) in [5.41, 5.74) is 0. The van der Waals surface area contributed by atoms with Crippen LogP contribution in [0.2, 0.25) is 0 Å². The molecule has 0 rings (SSSR count). The average Bonchev–Trinajstić information content (AvgIpc) is 0. The fraction of sp³-hybridized carbons (Fsp3) is 0. The minimum absolute atomic E-state index is 0. The number of rotatable bonds is 0. The second-order valence-electron chi connectivity index (χ2n) is 0. The Hall–Kier alpha value is 1.40. The third-order valence-electron chi connectivity index (χ3n) is 0. The molecule has 0 heterocycles. The zero-order chi connectivity index (χ0) is 0. The smallest absolute Gasteiger partial charge is 0 e. The molecule has 0 saturated heterocycles. The van der Waals surface area contributed by atoms with Crippen LogP contribution in [0.15, 0.2) is 0 Å². The zero-order valence-corrected chi connectivity index (χ0v) is 4.39. The fourth-order valence-corrected chi connectivity index (χ4v) is 0. The normalized spacial score (nSPS) is 0. The van der Waals surface area contributed by atoms with Crippen molar-refractivity contribution in [3.8, 4) is 0 Å². The molecule has 0 atom stereocenters. The third kappa shape index (κ3) is 9.98. The summed E-state index contributed by atoms with van der Waals surface area (Å²) in [7, 11) is 0. The molecule has 0 unspecified atom stereocenters. The fourth-order valence-electron chi connectivity index (χ4n) is 0. The molecule has 2 N–H and O–H groups in total. The molecule has 0 bridgehead atoms. The van der Waals surface area contributed by atoms with Crippen LogP contribution in [-0.2, 0) is 33.6 Å². The molecule has 0 spiro atoms. The molecular weight excluding hydrogens is 169 g/mol. The largest absolute Gasteiger partial charge is 0.412 e. The van der Waals surface area contributed by atoms with E-state index in [-0.39, 0.29) is 48.9 Å². The van der Waals surface area contributed by atoms with Gasteiger partial charge < -0.3 is 5.48 Å². The second kappa shape index (κ2) is 25.9. The van der Waals surface area contributed by atoms with Crippen molar-refractivity contribution in [2.24, 2.45) is 0 Å². The van der Waals surface area contributed by atoms with E-state index in [0.29, 0.717) is 0 Å². The van der Waals surface area contributed by atoms with Gasteiger partial charge in [0.25, 0.3) is 0 Å². The Kier molecular flexibility index (Phi) is 345. The Balaban J connectivity index is 0. The minimum Gasteiger partial charge on any atom is -0.412 e. The van der Waals surface area contributed by atoms with E-state index in [0.717, 1.165) is 0 Å². The van der Waals surface area contributed by atoms with Crippen molar-refractivity contribution in [1.82, 2.24) is 0 Å². The predicted molar refractivity (Wildman–Crippen MR) is 10.5 cm³/mol. The molecule has 4 heavy (non-hydrogen) atoms. The molecular formula is H2CuNiOP. The first-order valence-electron chi connectivity index (χ1n) is 0. The van der Waals surface area contributed by atoms with E-state index in [2.05, 4.69) is 0 Å². The molecule has 0 amide bonds. The van der Waals surface area contributed by atoms with E-state index in [4.69, 9.17) is 0 Å². The van der Waals surface area contributed by atoms with Crippen LogP contribution in [0, 0.1) is 0 Å². The molecule has 4 radical (unpaired) electrons. The molecule has 0 aliphatic carbocycles. The van der Waals surface area contributed by atoms with Crippen LogP contribution in [0.3, 0.4) is 0 Å². The summed E-state index contributed by atoms with van der Waals surface area (Å²) in [5.74, 6) is 0. The minimum atomic E-state index is 0. The third-order valence-corrected chi connectivity index (χ3v) is 0. The first-order valence-corrected chi connectivity index (χ1v) is 0. The van der Waals surface area contributed by atoms with Gasteiger partial charge in [-0.2, -0.15) is 0 Å². The molecule has 0 saturated carbocycles. The Morgan fingerprint density at radius 3 is 1.00 bits per heavy atom. The van der Waals surface area contributed by atoms with E-state index >= 15 is 0 Å². The monoisotopic (exact) mass is 170 g/mol. The van der Waals surface area contributed by atoms with Crippen LogP contribution >= 0.6 is 9.90 Å². The van der Waals surface area contributed by atoms with Crippen LogP contribution in [0.25, 0.3) is 0 Å². The molecule has 4 heteroatoms. The van der Waals surface area contributed by atoms with Crippen molar-refractivity contribution < 1.29 is 39.0 Å². The summed E-state index contributed by atoms with van der Waals surface area (Å²) in [5, 5.41) is 0. The molecule has 0 fully saturated rings. The van der Waals surface area contributed by atoms with Crippen molar-refractivity contribution in [2.45, 2.75) is 0 Å². The quantitative estimate of drug-likeness (QED) is 0.364. The number of hydrogen-bond acceptors (Lipinski definition) is 0. The van der Waals surface area contributed by atoms with Crippen LogP contribution in [-0.4, -0.2) is 5.48 Å². The standard InChI is InChI=1S/Cu.Ni.H2O.P/h;;1H2;. The van der Waals surface area contributed by atoms with Crippen molar-refractivity contribution in [2.75, 3.05) is 0 Å². The molecule has 0 aromatic carbocycles. The van der Waals surface area contributed by atoms with Crippen LogP contribution < -0.4 is 0 Å². The average molecular weight is 171 g/mol. The maximum Gasteiger partial charge on any atom is 0 e. The first kappa shape index (κ1) is 53.2. The summed E-state index contributed by atoms with van der Waals surface area (Å²) in [6.45, 7) is 0. The van der Waals surface area contributed by atoms with Gasteiger partial charge in [0, 0.05) is 43.5 Å². The van der Waals surface area contributed by atoms with Crippen LogP contribution in [0.4, 0.5) is 0 Å². The summed E-state index contributed by atoms with van der Waals surface area (Å²) >= 11 is 0. The van der Waals surface area contributed by atoms with Gasteiger partial charge in [-0.15, -0.1) is 0 Å². The first-order chi connectivity index (χ1) is 0. The molecule has 0 aromatic rings. The summed E-state index contributed by atoms with van der Waals surface area (Å²) < 4.78 is 0.